The Hall–Kier alpha value is -0.290. The monoisotopic (exact) mass is 199 g/mol. The molecule has 0 aliphatic carbocycles. The van der Waals surface area contributed by atoms with Crippen molar-refractivity contribution < 1.29 is 18.3 Å². The molecule has 1 atom stereocenters. The average molecular weight is 199 g/mol. The molecule has 0 saturated heterocycles. The van der Waals surface area contributed by atoms with Gasteiger partial charge in [-0.15, -0.1) is 0 Å². The van der Waals surface area contributed by atoms with Crippen LogP contribution in [0.4, 0.5) is 13.2 Å². The predicted octanol–water partition coefficient (Wildman–Crippen LogP) is 1.55. The Morgan fingerprint density at radius 2 is 1.69 bits per heavy atom. The molecule has 2 nitrogen and oxygen atoms in total. The third-order valence-electron chi connectivity index (χ3n) is 1.37. The maximum Gasteiger partial charge on any atom is 0.415 e. The van der Waals surface area contributed by atoms with Crippen molar-refractivity contribution in [2.24, 2.45) is 5.41 Å². The second kappa shape index (κ2) is 4.28. The Labute approximate surface area is 76.1 Å². The van der Waals surface area contributed by atoms with Gasteiger partial charge < -0.3 is 10.4 Å². The van der Waals surface area contributed by atoms with Crippen LogP contribution in [0.2, 0.25) is 0 Å². The molecule has 0 aromatic rings. The number of rotatable bonds is 3. The molecule has 2 N–H and O–H groups in total. The molecular formula is C8H16F3NO. The molecule has 0 radical (unpaired) electrons. The summed E-state index contributed by atoms with van der Waals surface area (Å²) < 4.78 is 35.3. The summed E-state index contributed by atoms with van der Waals surface area (Å²) in [5.41, 5.74) is -0.0781. The highest BCUT2D eigenvalue weighted by molar-refractivity contribution is 4.71. The molecule has 1 unspecified atom stereocenters. The summed E-state index contributed by atoms with van der Waals surface area (Å²) in [7, 11) is 0. The van der Waals surface area contributed by atoms with Gasteiger partial charge in [-0.05, 0) is 5.41 Å². The van der Waals surface area contributed by atoms with Gasteiger partial charge in [-0.3, -0.25) is 0 Å². The number of alkyl halides is 3. The van der Waals surface area contributed by atoms with E-state index in [4.69, 9.17) is 5.11 Å². The van der Waals surface area contributed by atoms with Crippen LogP contribution in [0.3, 0.4) is 0 Å². The van der Waals surface area contributed by atoms with Crippen LogP contribution in [0.25, 0.3) is 0 Å². The number of nitrogens with one attached hydrogen (secondary N) is 1. The van der Waals surface area contributed by atoms with Gasteiger partial charge in [0.05, 0.1) is 0 Å². The second-order valence-electron chi connectivity index (χ2n) is 4.25. The highest BCUT2D eigenvalue weighted by atomic mass is 19.4. The molecule has 0 aliphatic heterocycles. The smallest absolute Gasteiger partial charge is 0.382 e. The summed E-state index contributed by atoms with van der Waals surface area (Å²) in [4.78, 5) is 0. The lowest BCUT2D eigenvalue weighted by molar-refractivity contribution is -0.202. The van der Waals surface area contributed by atoms with Crippen LogP contribution in [0, 0.1) is 5.41 Å². The first kappa shape index (κ1) is 12.7. The van der Waals surface area contributed by atoms with Crippen LogP contribution in [0.1, 0.15) is 20.8 Å². The summed E-state index contributed by atoms with van der Waals surface area (Å²) in [6, 6.07) is 0. The molecule has 0 aromatic carbocycles. The Balaban J connectivity index is 3.67. The van der Waals surface area contributed by atoms with E-state index in [1.165, 1.54) is 0 Å². The van der Waals surface area contributed by atoms with Gasteiger partial charge in [0.2, 0.25) is 0 Å². The van der Waals surface area contributed by atoms with Crippen LogP contribution in [-0.4, -0.2) is 30.5 Å². The van der Waals surface area contributed by atoms with Gasteiger partial charge in [-0.1, -0.05) is 20.8 Å². The van der Waals surface area contributed by atoms with Crippen molar-refractivity contribution in [1.82, 2.24) is 5.32 Å². The number of aliphatic hydroxyl groups excluding tert-OH is 1. The van der Waals surface area contributed by atoms with Crippen molar-refractivity contribution >= 4 is 0 Å². The van der Waals surface area contributed by atoms with Crippen LogP contribution in [0.15, 0.2) is 0 Å². The average Bonchev–Trinajstić information content (AvgIpc) is 1.82. The van der Waals surface area contributed by atoms with E-state index in [9.17, 15) is 13.2 Å². The summed E-state index contributed by atoms with van der Waals surface area (Å²) >= 11 is 0. The lowest BCUT2D eigenvalue weighted by atomic mass is 9.97. The van der Waals surface area contributed by atoms with E-state index in [1.807, 2.05) is 20.8 Å². The van der Waals surface area contributed by atoms with E-state index in [0.717, 1.165) is 0 Å². The normalized spacial score (nSPS) is 15.9. The van der Waals surface area contributed by atoms with E-state index in [1.54, 1.807) is 0 Å². The maximum atomic E-state index is 11.8. The number of aliphatic hydroxyl groups is 1. The molecule has 0 fully saturated rings. The lowest BCUT2D eigenvalue weighted by Gasteiger charge is -2.21. The first-order valence-corrected chi connectivity index (χ1v) is 4.08. The Kier molecular flexibility index (Phi) is 4.19. The number of halogens is 3. The highest BCUT2D eigenvalue weighted by Gasteiger charge is 2.37. The Morgan fingerprint density at radius 3 is 2.00 bits per heavy atom. The van der Waals surface area contributed by atoms with Gasteiger partial charge in [0.1, 0.15) is 0 Å². The maximum absolute atomic E-state index is 11.8. The van der Waals surface area contributed by atoms with Gasteiger partial charge in [0.15, 0.2) is 6.10 Å². The van der Waals surface area contributed by atoms with Crippen molar-refractivity contribution in [3.63, 3.8) is 0 Å². The molecule has 0 spiro atoms. The second-order valence-corrected chi connectivity index (χ2v) is 4.25. The Bertz CT molecular complexity index is 150. The standard InChI is InChI=1S/C8H16F3NO/c1-7(2,3)5-12-4-6(13)8(9,10)11/h6,12-13H,4-5H2,1-3H3. The van der Waals surface area contributed by atoms with E-state index < -0.39 is 18.8 Å². The molecule has 0 aliphatic rings. The van der Waals surface area contributed by atoms with Crippen molar-refractivity contribution in [3.8, 4) is 0 Å². The third-order valence-corrected chi connectivity index (χ3v) is 1.37. The van der Waals surface area contributed by atoms with Gasteiger partial charge >= 0.3 is 6.18 Å². The van der Waals surface area contributed by atoms with Gasteiger partial charge in [-0.25, -0.2) is 0 Å². The minimum Gasteiger partial charge on any atom is -0.382 e. The molecule has 13 heavy (non-hydrogen) atoms. The fraction of sp³-hybridized carbons (Fsp3) is 1.00. The fourth-order valence-electron chi connectivity index (χ4n) is 0.700. The molecule has 0 saturated carbocycles. The molecule has 0 amide bonds. The zero-order valence-corrected chi connectivity index (χ0v) is 8.07. The third kappa shape index (κ3) is 6.83. The van der Waals surface area contributed by atoms with E-state index in [-0.39, 0.29) is 5.41 Å². The van der Waals surface area contributed by atoms with Crippen molar-refractivity contribution in [2.75, 3.05) is 13.1 Å². The predicted molar refractivity (Wildman–Crippen MR) is 44.4 cm³/mol. The molecule has 80 valence electrons. The quantitative estimate of drug-likeness (QED) is 0.722. The van der Waals surface area contributed by atoms with E-state index >= 15 is 0 Å². The highest BCUT2D eigenvalue weighted by Crippen LogP contribution is 2.19. The van der Waals surface area contributed by atoms with Crippen molar-refractivity contribution in [1.29, 1.82) is 0 Å². The van der Waals surface area contributed by atoms with Gasteiger partial charge in [0, 0.05) is 13.1 Å². The van der Waals surface area contributed by atoms with Crippen molar-refractivity contribution in [2.45, 2.75) is 33.1 Å². The SMILES string of the molecule is CC(C)(C)CNCC(O)C(F)(F)F. The molecular weight excluding hydrogens is 183 g/mol. The molecule has 0 heterocycles. The van der Waals surface area contributed by atoms with Crippen LogP contribution < -0.4 is 5.32 Å². The first-order valence-electron chi connectivity index (χ1n) is 4.08. The summed E-state index contributed by atoms with van der Waals surface area (Å²) in [6.07, 6.45) is -6.79. The molecule has 5 heteroatoms. The zero-order chi connectivity index (χ0) is 10.7. The lowest BCUT2D eigenvalue weighted by Crippen LogP contribution is -2.40. The Morgan fingerprint density at radius 1 is 1.23 bits per heavy atom. The minimum absolute atomic E-state index is 0.0781. The summed E-state index contributed by atoms with van der Waals surface area (Å²) in [6.45, 7) is 5.71. The fourth-order valence-corrected chi connectivity index (χ4v) is 0.700. The molecule has 0 bridgehead atoms. The first-order chi connectivity index (χ1) is 5.63. The zero-order valence-electron chi connectivity index (χ0n) is 8.07. The molecule has 0 aromatic heterocycles. The van der Waals surface area contributed by atoms with Crippen LogP contribution in [-0.2, 0) is 0 Å². The minimum atomic E-state index is -4.52. The number of hydrogen-bond acceptors (Lipinski definition) is 2. The summed E-state index contributed by atoms with van der Waals surface area (Å²) in [5, 5.41) is 11.2. The topological polar surface area (TPSA) is 32.3 Å². The van der Waals surface area contributed by atoms with E-state index in [0.29, 0.717) is 6.54 Å². The molecule has 0 rings (SSSR count). The van der Waals surface area contributed by atoms with Gasteiger partial charge in [-0.2, -0.15) is 13.2 Å². The van der Waals surface area contributed by atoms with Gasteiger partial charge in [0.25, 0.3) is 0 Å². The largest absolute Gasteiger partial charge is 0.415 e. The number of hydrogen-bond donors (Lipinski definition) is 2. The van der Waals surface area contributed by atoms with Crippen molar-refractivity contribution in [3.05, 3.63) is 0 Å². The van der Waals surface area contributed by atoms with Crippen LogP contribution >= 0.6 is 0 Å². The van der Waals surface area contributed by atoms with E-state index in [2.05, 4.69) is 5.32 Å². The van der Waals surface area contributed by atoms with Crippen LogP contribution in [0.5, 0.6) is 0 Å². The summed E-state index contributed by atoms with van der Waals surface area (Å²) in [5.74, 6) is 0.